The molecular weight excluding hydrogens is 565 g/mol. The number of aromatic amines is 2. The van der Waals surface area contributed by atoms with Gasteiger partial charge in [0.05, 0.1) is 24.1 Å². The van der Waals surface area contributed by atoms with Crippen molar-refractivity contribution in [2.45, 2.75) is 19.3 Å². The van der Waals surface area contributed by atoms with Crippen molar-refractivity contribution >= 4 is 68.5 Å². The van der Waals surface area contributed by atoms with E-state index in [4.69, 9.17) is 23.2 Å². The SMILES string of the molecule is CN1CCN(CC(=O)Nc2n[nH]c3cc(Cl)ccc23)CC1.O=C(CN1CCCCC1)Nc1n[nH]c2cc(Cl)ccc12. The summed E-state index contributed by atoms with van der Waals surface area (Å²) in [6, 6.07) is 10.9. The van der Waals surface area contributed by atoms with Gasteiger partial charge < -0.3 is 15.5 Å². The number of nitrogens with one attached hydrogen (secondary N) is 4. The number of piperazine rings is 1. The lowest BCUT2D eigenvalue weighted by molar-refractivity contribution is -0.118. The molecule has 2 aliphatic heterocycles. The Morgan fingerprint density at radius 1 is 0.732 bits per heavy atom. The number of anilines is 2. The van der Waals surface area contributed by atoms with E-state index in [1.54, 1.807) is 24.3 Å². The van der Waals surface area contributed by atoms with E-state index in [2.05, 4.69) is 52.8 Å². The summed E-state index contributed by atoms with van der Waals surface area (Å²) >= 11 is 11.8. The van der Waals surface area contributed by atoms with Crippen LogP contribution in [0.25, 0.3) is 21.8 Å². The van der Waals surface area contributed by atoms with E-state index in [1.807, 2.05) is 12.1 Å². The smallest absolute Gasteiger partial charge is 0.239 e. The van der Waals surface area contributed by atoms with Crippen LogP contribution < -0.4 is 10.6 Å². The lowest BCUT2D eigenvalue weighted by atomic mass is 10.1. The second kappa shape index (κ2) is 13.6. The van der Waals surface area contributed by atoms with Crippen LogP contribution in [0.1, 0.15) is 19.3 Å². The quantitative estimate of drug-likeness (QED) is 0.263. The summed E-state index contributed by atoms with van der Waals surface area (Å²) in [5.41, 5.74) is 1.64. The number of halogens is 2. The van der Waals surface area contributed by atoms with E-state index in [0.29, 0.717) is 34.8 Å². The van der Waals surface area contributed by atoms with Crippen molar-refractivity contribution in [2.24, 2.45) is 0 Å². The van der Waals surface area contributed by atoms with Crippen LogP contribution in [-0.2, 0) is 9.59 Å². The van der Waals surface area contributed by atoms with E-state index >= 15 is 0 Å². The maximum atomic E-state index is 12.1. The fraction of sp³-hybridized carbons (Fsp3) is 0.429. The van der Waals surface area contributed by atoms with Gasteiger partial charge in [-0.25, -0.2) is 0 Å². The molecule has 0 atom stereocenters. The fourth-order valence-electron chi connectivity index (χ4n) is 5.05. The number of carbonyl (C=O) groups excluding carboxylic acids is 2. The van der Waals surface area contributed by atoms with Gasteiger partial charge in [0, 0.05) is 47.0 Å². The second-order valence-corrected chi connectivity index (χ2v) is 11.4. The molecule has 0 radical (unpaired) electrons. The molecule has 41 heavy (non-hydrogen) atoms. The summed E-state index contributed by atoms with van der Waals surface area (Å²) in [5.74, 6) is 1.07. The van der Waals surface area contributed by atoms with Gasteiger partial charge in [0.15, 0.2) is 11.6 Å². The molecule has 2 saturated heterocycles. The van der Waals surface area contributed by atoms with Crippen molar-refractivity contribution in [3.05, 3.63) is 46.4 Å². The first-order chi connectivity index (χ1) is 19.8. The molecule has 2 aliphatic rings. The Labute approximate surface area is 248 Å². The number of aromatic nitrogens is 4. The average molecular weight is 601 g/mol. The van der Waals surface area contributed by atoms with Crippen LogP contribution >= 0.6 is 23.2 Å². The maximum Gasteiger partial charge on any atom is 0.239 e. The first-order valence-electron chi connectivity index (χ1n) is 13.8. The predicted molar refractivity (Wildman–Crippen MR) is 164 cm³/mol. The molecule has 2 aromatic carbocycles. The number of benzene rings is 2. The van der Waals surface area contributed by atoms with E-state index in [0.717, 1.165) is 61.1 Å². The van der Waals surface area contributed by atoms with Crippen LogP contribution in [0.3, 0.4) is 0 Å². The number of likely N-dealkylation sites (tertiary alicyclic amines) is 1. The number of H-pyrrole nitrogens is 2. The van der Waals surface area contributed by atoms with Gasteiger partial charge in [-0.3, -0.25) is 29.6 Å². The summed E-state index contributed by atoms with van der Waals surface area (Å²) in [6.07, 6.45) is 3.62. The van der Waals surface area contributed by atoms with Gasteiger partial charge in [-0.1, -0.05) is 29.6 Å². The molecule has 2 fully saturated rings. The number of fused-ring (bicyclic) bond motifs is 2. The molecule has 4 N–H and O–H groups in total. The number of nitrogens with zero attached hydrogens (tertiary/aromatic N) is 5. The molecule has 6 rings (SSSR count). The molecule has 13 heteroatoms. The van der Waals surface area contributed by atoms with Crippen molar-refractivity contribution in [3.8, 4) is 0 Å². The predicted octanol–water partition coefficient (Wildman–Crippen LogP) is 4.04. The van der Waals surface area contributed by atoms with Gasteiger partial charge in [0.25, 0.3) is 0 Å². The lowest BCUT2D eigenvalue weighted by Crippen LogP contribution is -2.47. The molecular formula is C28H35Cl2N9O2. The first-order valence-corrected chi connectivity index (χ1v) is 14.6. The molecule has 0 unspecified atom stereocenters. The van der Waals surface area contributed by atoms with Crippen molar-refractivity contribution in [1.29, 1.82) is 0 Å². The molecule has 4 heterocycles. The molecule has 2 aromatic heterocycles. The highest BCUT2D eigenvalue weighted by Crippen LogP contribution is 2.24. The van der Waals surface area contributed by atoms with E-state index in [-0.39, 0.29) is 11.8 Å². The third-order valence-corrected chi connectivity index (χ3v) is 7.81. The van der Waals surface area contributed by atoms with Gasteiger partial charge in [0.1, 0.15) is 0 Å². The van der Waals surface area contributed by atoms with E-state index in [1.165, 1.54) is 19.3 Å². The van der Waals surface area contributed by atoms with Gasteiger partial charge in [-0.15, -0.1) is 0 Å². The van der Waals surface area contributed by atoms with E-state index in [9.17, 15) is 9.59 Å². The minimum atomic E-state index is -0.0390. The molecule has 0 aliphatic carbocycles. The number of hydrogen-bond donors (Lipinski definition) is 4. The topological polar surface area (TPSA) is 125 Å². The third-order valence-electron chi connectivity index (χ3n) is 7.34. The van der Waals surface area contributed by atoms with Crippen molar-refractivity contribution < 1.29 is 9.59 Å². The zero-order valence-electron chi connectivity index (χ0n) is 23.1. The van der Waals surface area contributed by atoms with Crippen LogP contribution in [0.5, 0.6) is 0 Å². The van der Waals surface area contributed by atoms with Crippen LogP contribution in [0, 0.1) is 0 Å². The van der Waals surface area contributed by atoms with Crippen LogP contribution in [0.2, 0.25) is 10.0 Å². The number of piperidine rings is 1. The first kappa shape index (κ1) is 29.3. The molecule has 4 aromatic rings. The number of rotatable bonds is 6. The Bertz CT molecular complexity index is 1490. The number of likely N-dealkylation sites (N-methyl/N-ethyl adjacent to an activating group) is 1. The average Bonchev–Trinajstić information content (AvgIpc) is 3.53. The second-order valence-electron chi connectivity index (χ2n) is 10.5. The Kier molecular flexibility index (Phi) is 9.73. The van der Waals surface area contributed by atoms with Gasteiger partial charge in [0.2, 0.25) is 11.8 Å². The van der Waals surface area contributed by atoms with Crippen molar-refractivity contribution in [1.82, 2.24) is 35.1 Å². The summed E-state index contributed by atoms with van der Waals surface area (Å²) in [6.45, 7) is 6.67. The molecule has 0 bridgehead atoms. The zero-order valence-corrected chi connectivity index (χ0v) is 24.6. The zero-order chi connectivity index (χ0) is 28.8. The molecule has 0 saturated carbocycles. The molecule has 2 amide bonds. The standard InChI is InChI=1S/C14H18ClN5O.C14H17ClN4O/c1-19-4-6-20(7-5-19)9-13(21)16-14-11-3-2-10(15)8-12(11)17-18-14;15-10-4-5-11-12(8-10)17-18-14(11)16-13(20)9-19-6-2-1-3-7-19/h2-3,8H,4-7,9H2,1H3,(H2,16,17,18,21);4-5,8H,1-3,6-7,9H2,(H2,16,17,18,20). The summed E-state index contributed by atoms with van der Waals surface area (Å²) in [5, 5.41) is 22.8. The number of hydrogen-bond acceptors (Lipinski definition) is 7. The van der Waals surface area contributed by atoms with Crippen LogP contribution in [0.15, 0.2) is 36.4 Å². The summed E-state index contributed by atoms with van der Waals surface area (Å²) in [7, 11) is 2.10. The number of carbonyl (C=O) groups is 2. The Balaban J connectivity index is 0.000000165. The molecule has 11 nitrogen and oxygen atoms in total. The largest absolute Gasteiger partial charge is 0.308 e. The Morgan fingerprint density at radius 2 is 1.20 bits per heavy atom. The highest BCUT2D eigenvalue weighted by molar-refractivity contribution is 6.31. The Hall–Kier alpha value is -3.22. The highest BCUT2D eigenvalue weighted by atomic mass is 35.5. The normalized spacial score (nSPS) is 16.9. The Morgan fingerprint density at radius 3 is 1.68 bits per heavy atom. The van der Waals surface area contributed by atoms with Crippen molar-refractivity contribution in [2.75, 3.05) is 70.0 Å². The number of amides is 2. The van der Waals surface area contributed by atoms with E-state index < -0.39 is 0 Å². The summed E-state index contributed by atoms with van der Waals surface area (Å²) in [4.78, 5) is 30.8. The van der Waals surface area contributed by atoms with Gasteiger partial charge in [-0.05, 0) is 69.4 Å². The van der Waals surface area contributed by atoms with Gasteiger partial charge >= 0.3 is 0 Å². The highest BCUT2D eigenvalue weighted by Gasteiger charge is 2.18. The lowest BCUT2D eigenvalue weighted by Gasteiger charge is -2.31. The van der Waals surface area contributed by atoms with Gasteiger partial charge in [-0.2, -0.15) is 10.2 Å². The maximum absolute atomic E-state index is 12.1. The monoisotopic (exact) mass is 599 g/mol. The van der Waals surface area contributed by atoms with Crippen LogP contribution in [0.4, 0.5) is 11.6 Å². The van der Waals surface area contributed by atoms with Crippen LogP contribution in [-0.4, -0.2) is 106 Å². The fourth-order valence-corrected chi connectivity index (χ4v) is 5.39. The summed E-state index contributed by atoms with van der Waals surface area (Å²) < 4.78 is 0. The van der Waals surface area contributed by atoms with Crippen molar-refractivity contribution in [3.63, 3.8) is 0 Å². The molecule has 0 spiro atoms. The third kappa shape index (κ3) is 7.96. The minimum absolute atomic E-state index is 0.0183. The minimum Gasteiger partial charge on any atom is -0.308 e. The molecule has 218 valence electrons.